The van der Waals surface area contributed by atoms with E-state index < -0.39 is 12.0 Å². The fourth-order valence-electron chi connectivity index (χ4n) is 4.52. The van der Waals surface area contributed by atoms with E-state index in [9.17, 15) is 9.90 Å². The smallest absolute Gasteiger partial charge is 0.306 e. The zero-order chi connectivity index (χ0) is 26.1. The number of thiophene rings is 1. The number of aliphatic carboxylic acids is 1. The number of ether oxygens (including phenoxy) is 2. The molecule has 1 atom stereocenters. The number of methoxy groups -OCH3 is 1. The fourth-order valence-corrected chi connectivity index (χ4v) is 5.73. The minimum Gasteiger partial charge on any atom is -0.491 e. The van der Waals surface area contributed by atoms with Crippen LogP contribution < -0.4 is 4.74 Å². The van der Waals surface area contributed by atoms with Crippen LogP contribution in [-0.2, 0) is 9.53 Å². The molecule has 1 N–H and O–H groups in total. The number of carbonyl (C=O) groups is 1. The predicted molar refractivity (Wildman–Crippen MR) is 143 cm³/mol. The van der Waals surface area contributed by atoms with Crippen LogP contribution in [0, 0.1) is 20.8 Å². The maximum atomic E-state index is 11.7. The monoisotopic (exact) mass is 516 g/mol. The fraction of sp³-hybridized carbons (Fsp3) is 0.286. The third-order valence-electron chi connectivity index (χ3n) is 6.49. The van der Waals surface area contributed by atoms with E-state index in [1.165, 1.54) is 4.88 Å². The number of aryl methyl sites for hydroxylation is 2. The molecule has 2 aromatic heterocycles. The molecule has 0 aliphatic carbocycles. The van der Waals surface area contributed by atoms with Gasteiger partial charge in [0.1, 0.15) is 29.2 Å². The van der Waals surface area contributed by atoms with Crippen molar-refractivity contribution < 1.29 is 19.4 Å². The summed E-state index contributed by atoms with van der Waals surface area (Å²) < 4.78 is 12.8. The molecular weight excluding hydrogens is 488 g/mol. The highest BCUT2D eigenvalue weighted by molar-refractivity contribution is 7.15. The average Bonchev–Trinajstić information content (AvgIpc) is 3.36. The normalized spacial score (nSPS) is 14.5. The van der Waals surface area contributed by atoms with Gasteiger partial charge >= 0.3 is 5.97 Å². The molecule has 0 amide bonds. The Hall–Kier alpha value is -3.82. The highest BCUT2D eigenvalue weighted by Gasteiger charge is 2.32. The molecule has 0 spiro atoms. The lowest BCUT2D eigenvalue weighted by molar-refractivity contribution is -0.137. The molecule has 0 saturated carbocycles. The maximum absolute atomic E-state index is 11.7. The van der Waals surface area contributed by atoms with Gasteiger partial charge in [-0.05, 0) is 49.6 Å². The van der Waals surface area contributed by atoms with E-state index >= 15 is 0 Å². The van der Waals surface area contributed by atoms with Gasteiger partial charge in [-0.25, -0.2) is 0 Å². The minimum atomic E-state index is -0.929. The third kappa shape index (κ3) is 4.80. The van der Waals surface area contributed by atoms with Crippen molar-refractivity contribution in [1.29, 1.82) is 0 Å². The molecule has 9 heteroatoms. The second-order valence-corrected chi connectivity index (χ2v) is 10.1. The van der Waals surface area contributed by atoms with Gasteiger partial charge in [0.15, 0.2) is 5.82 Å². The summed E-state index contributed by atoms with van der Waals surface area (Å²) in [5.41, 5.74) is 5.91. The van der Waals surface area contributed by atoms with E-state index in [1.807, 2.05) is 47.9 Å². The summed E-state index contributed by atoms with van der Waals surface area (Å²) in [7, 11) is 1.65. The highest BCUT2D eigenvalue weighted by atomic mass is 32.1. The van der Waals surface area contributed by atoms with Crippen LogP contribution in [-0.4, -0.2) is 51.9 Å². The maximum Gasteiger partial charge on any atom is 0.306 e. The average molecular weight is 517 g/mol. The van der Waals surface area contributed by atoms with E-state index in [-0.39, 0.29) is 6.42 Å². The van der Waals surface area contributed by atoms with Crippen LogP contribution in [0.4, 0.5) is 0 Å². The summed E-state index contributed by atoms with van der Waals surface area (Å²) in [5.74, 6) is 1.13. The Labute approximate surface area is 219 Å². The van der Waals surface area contributed by atoms with Crippen molar-refractivity contribution in [3.05, 3.63) is 81.7 Å². The molecule has 8 nitrogen and oxygen atoms in total. The van der Waals surface area contributed by atoms with Gasteiger partial charge in [-0.2, -0.15) is 0 Å². The summed E-state index contributed by atoms with van der Waals surface area (Å²) in [6.45, 7) is 7.08. The van der Waals surface area contributed by atoms with Crippen molar-refractivity contribution in [2.75, 3.05) is 20.3 Å². The number of nitrogens with zero attached hydrogens (tertiary/aromatic N) is 4. The molecule has 37 heavy (non-hydrogen) atoms. The number of rotatable bonds is 8. The Bertz CT molecular complexity index is 1490. The molecule has 3 heterocycles. The molecule has 2 aromatic carbocycles. The van der Waals surface area contributed by atoms with Crippen LogP contribution >= 0.6 is 11.3 Å². The van der Waals surface area contributed by atoms with Crippen LogP contribution in [0.3, 0.4) is 0 Å². The molecule has 190 valence electrons. The SMILES string of the molecule is COCCOc1cccc(-c2ccc(C3=N[C@@H](CC(=O)O)c4nnc(C)n4-c4sc(C)c(C)c43)cc2)c1. The Morgan fingerprint density at radius 2 is 1.78 bits per heavy atom. The van der Waals surface area contributed by atoms with Gasteiger partial charge in [-0.3, -0.25) is 14.4 Å². The van der Waals surface area contributed by atoms with Crippen molar-refractivity contribution in [2.24, 2.45) is 4.99 Å². The lowest BCUT2D eigenvalue weighted by Crippen LogP contribution is -2.10. The van der Waals surface area contributed by atoms with Crippen LogP contribution in [0.2, 0.25) is 0 Å². The van der Waals surface area contributed by atoms with Crippen molar-refractivity contribution in [1.82, 2.24) is 14.8 Å². The number of fused-ring (bicyclic) bond motifs is 3. The molecule has 0 unspecified atom stereocenters. The molecule has 0 fully saturated rings. The number of hydrogen-bond acceptors (Lipinski definition) is 7. The second kappa shape index (κ2) is 10.3. The first-order valence-corrected chi connectivity index (χ1v) is 12.8. The van der Waals surface area contributed by atoms with Crippen LogP contribution in [0.5, 0.6) is 5.75 Å². The standard InChI is InChI=1S/C28H28N4O4S/c1-16-17(2)37-28-25(16)26(29-23(15-24(33)34)27-31-30-18(3)32(27)28)20-10-8-19(9-11-20)21-6-5-7-22(14-21)36-13-12-35-4/h5-11,14,23H,12-13,15H2,1-4H3,(H,33,34)/t23-/m0/s1. The highest BCUT2D eigenvalue weighted by Crippen LogP contribution is 2.39. The summed E-state index contributed by atoms with van der Waals surface area (Å²) >= 11 is 1.65. The van der Waals surface area contributed by atoms with Gasteiger partial charge in [-0.1, -0.05) is 36.4 Å². The van der Waals surface area contributed by atoms with Gasteiger partial charge in [0.2, 0.25) is 0 Å². The molecule has 5 rings (SSSR count). The molecule has 1 aliphatic rings. The van der Waals surface area contributed by atoms with Crippen LogP contribution in [0.25, 0.3) is 16.1 Å². The first-order chi connectivity index (χ1) is 17.9. The van der Waals surface area contributed by atoms with Crippen LogP contribution in [0.1, 0.15) is 45.7 Å². The molecule has 0 bridgehead atoms. The first-order valence-electron chi connectivity index (χ1n) is 12.0. The van der Waals surface area contributed by atoms with Gasteiger partial charge in [0.05, 0.1) is 18.7 Å². The Balaban J connectivity index is 1.57. The van der Waals surface area contributed by atoms with E-state index in [0.717, 1.165) is 44.3 Å². The molecule has 0 radical (unpaired) electrons. The zero-order valence-corrected chi connectivity index (χ0v) is 22.0. The number of benzene rings is 2. The molecule has 1 aliphatic heterocycles. The minimum absolute atomic E-state index is 0.164. The lowest BCUT2D eigenvalue weighted by Gasteiger charge is -2.12. The number of aromatic nitrogens is 3. The zero-order valence-electron chi connectivity index (χ0n) is 21.2. The van der Waals surface area contributed by atoms with Crippen molar-refractivity contribution in [3.63, 3.8) is 0 Å². The van der Waals surface area contributed by atoms with Crippen molar-refractivity contribution in [3.8, 4) is 21.9 Å². The first kappa shape index (κ1) is 24.9. The molecular formula is C28H28N4O4S. The van der Waals surface area contributed by atoms with E-state index in [0.29, 0.717) is 24.9 Å². The van der Waals surface area contributed by atoms with Gasteiger partial charge < -0.3 is 14.6 Å². The third-order valence-corrected chi connectivity index (χ3v) is 7.68. The van der Waals surface area contributed by atoms with E-state index in [4.69, 9.17) is 14.5 Å². The van der Waals surface area contributed by atoms with Crippen LogP contribution in [0.15, 0.2) is 53.5 Å². The Kier molecular flexibility index (Phi) is 6.90. The van der Waals surface area contributed by atoms with E-state index in [1.54, 1.807) is 18.4 Å². The second-order valence-electron chi connectivity index (χ2n) is 8.94. The van der Waals surface area contributed by atoms with E-state index in [2.05, 4.69) is 36.2 Å². The number of aliphatic imine (C=N–C) groups is 1. The van der Waals surface area contributed by atoms with Gasteiger partial charge in [0, 0.05) is 23.1 Å². The number of hydrogen-bond donors (Lipinski definition) is 1. The Morgan fingerprint density at radius 3 is 2.51 bits per heavy atom. The molecule has 0 saturated heterocycles. The largest absolute Gasteiger partial charge is 0.491 e. The quantitative estimate of drug-likeness (QED) is 0.319. The van der Waals surface area contributed by atoms with Gasteiger partial charge in [-0.15, -0.1) is 21.5 Å². The topological polar surface area (TPSA) is 98.8 Å². The number of carboxylic acids is 1. The Morgan fingerprint density at radius 1 is 1.03 bits per heavy atom. The molecule has 4 aromatic rings. The number of carboxylic acid groups (broad SMARTS) is 1. The summed E-state index contributed by atoms with van der Waals surface area (Å²) in [6, 6.07) is 15.5. The van der Waals surface area contributed by atoms with Crippen molar-refractivity contribution >= 4 is 23.0 Å². The van der Waals surface area contributed by atoms with Crippen molar-refractivity contribution in [2.45, 2.75) is 33.2 Å². The summed E-state index contributed by atoms with van der Waals surface area (Å²) in [6.07, 6.45) is -0.164. The van der Waals surface area contributed by atoms with Gasteiger partial charge in [0.25, 0.3) is 0 Å². The summed E-state index contributed by atoms with van der Waals surface area (Å²) in [5, 5.41) is 19.2. The predicted octanol–water partition coefficient (Wildman–Crippen LogP) is 5.31. The summed E-state index contributed by atoms with van der Waals surface area (Å²) in [4.78, 5) is 17.9. The lowest BCUT2D eigenvalue weighted by atomic mass is 9.97.